The fraction of sp³-hybridized carbons (Fsp3) is 0.727. The molecule has 1 amide bonds. The molecule has 0 aromatic heterocycles. The molecule has 0 radical (unpaired) electrons. The lowest BCUT2D eigenvalue weighted by Gasteiger charge is -2.35. The van der Waals surface area contributed by atoms with E-state index in [1.54, 1.807) is 6.08 Å². The van der Waals surface area contributed by atoms with Crippen molar-refractivity contribution >= 4 is 5.91 Å². The molecule has 2 nitrogen and oxygen atoms in total. The summed E-state index contributed by atoms with van der Waals surface area (Å²) in [5, 5.41) is 0. The van der Waals surface area contributed by atoms with E-state index < -0.39 is 0 Å². The molecular formula is C11H19NO. The van der Waals surface area contributed by atoms with Crippen LogP contribution in [0.15, 0.2) is 12.2 Å². The summed E-state index contributed by atoms with van der Waals surface area (Å²) in [5.41, 5.74) is 0.244. The number of hydrogen-bond donors (Lipinski definition) is 0. The van der Waals surface area contributed by atoms with E-state index in [4.69, 9.17) is 0 Å². The van der Waals surface area contributed by atoms with Crippen LogP contribution in [0.1, 0.15) is 27.7 Å². The molecule has 1 aliphatic rings. The molecule has 0 bridgehead atoms. The third-order valence-corrected chi connectivity index (χ3v) is 3.11. The minimum absolute atomic E-state index is 0.126. The fourth-order valence-corrected chi connectivity index (χ4v) is 1.59. The largest absolute Gasteiger partial charge is 0.335 e. The van der Waals surface area contributed by atoms with Crippen molar-refractivity contribution in [2.24, 2.45) is 11.3 Å². The van der Waals surface area contributed by atoms with E-state index in [0.717, 1.165) is 0 Å². The minimum Gasteiger partial charge on any atom is -0.335 e. The number of hydrogen-bond acceptors (Lipinski definition) is 1. The van der Waals surface area contributed by atoms with Crippen LogP contribution in [-0.4, -0.2) is 23.9 Å². The van der Waals surface area contributed by atoms with Crippen molar-refractivity contribution in [1.29, 1.82) is 0 Å². The Morgan fingerprint density at radius 1 is 1.46 bits per heavy atom. The fourth-order valence-electron chi connectivity index (χ4n) is 1.59. The van der Waals surface area contributed by atoms with Gasteiger partial charge in [0, 0.05) is 13.1 Å². The zero-order valence-corrected chi connectivity index (χ0v) is 9.16. The Bertz CT molecular complexity index is 237. The van der Waals surface area contributed by atoms with E-state index in [-0.39, 0.29) is 17.4 Å². The molecule has 2 heteroatoms. The summed E-state index contributed by atoms with van der Waals surface area (Å²) in [7, 11) is 1.87. The van der Waals surface area contributed by atoms with Crippen molar-refractivity contribution < 1.29 is 4.79 Å². The zero-order chi connectivity index (χ0) is 10.2. The maximum atomic E-state index is 11.3. The van der Waals surface area contributed by atoms with E-state index in [1.807, 2.05) is 18.0 Å². The number of amides is 1. The van der Waals surface area contributed by atoms with Crippen molar-refractivity contribution in [2.45, 2.75) is 33.7 Å². The van der Waals surface area contributed by atoms with Gasteiger partial charge in [-0.15, -0.1) is 0 Å². The summed E-state index contributed by atoms with van der Waals surface area (Å²) >= 11 is 0. The summed E-state index contributed by atoms with van der Waals surface area (Å²) in [6.07, 6.45) is 3.69. The first-order valence-corrected chi connectivity index (χ1v) is 4.79. The van der Waals surface area contributed by atoms with E-state index >= 15 is 0 Å². The summed E-state index contributed by atoms with van der Waals surface area (Å²) in [4.78, 5) is 13.1. The number of carbonyl (C=O) groups is 1. The maximum Gasteiger partial charge on any atom is 0.246 e. The third kappa shape index (κ3) is 1.93. The first-order chi connectivity index (χ1) is 5.84. The van der Waals surface area contributed by atoms with Gasteiger partial charge < -0.3 is 4.90 Å². The van der Waals surface area contributed by atoms with Gasteiger partial charge in [-0.05, 0) is 11.3 Å². The normalized spacial score (nSPS) is 25.5. The van der Waals surface area contributed by atoms with E-state index in [1.165, 1.54) is 0 Å². The van der Waals surface area contributed by atoms with Crippen LogP contribution in [0, 0.1) is 11.3 Å². The Kier molecular flexibility index (Phi) is 2.51. The molecule has 1 rings (SSSR count). The maximum absolute atomic E-state index is 11.3. The highest BCUT2D eigenvalue weighted by atomic mass is 16.2. The molecule has 0 saturated carbocycles. The first kappa shape index (κ1) is 10.3. The van der Waals surface area contributed by atoms with Crippen molar-refractivity contribution in [1.82, 2.24) is 4.90 Å². The van der Waals surface area contributed by atoms with E-state index in [2.05, 4.69) is 27.7 Å². The highest BCUT2D eigenvalue weighted by Gasteiger charge is 2.33. The van der Waals surface area contributed by atoms with Crippen LogP contribution in [0.3, 0.4) is 0 Å². The van der Waals surface area contributed by atoms with Crippen LogP contribution in [0.4, 0.5) is 0 Å². The number of carbonyl (C=O) groups excluding carboxylic acids is 1. The SMILES string of the molecule is C[C@H]([C@H]1C=CC(=O)N1C)C(C)(C)C. The van der Waals surface area contributed by atoms with Crippen LogP contribution in [0.5, 0.6) is 0 Å². The summed E-state index contributed by atoms with van der Waals surface area (Å²) in [6.45, 7) is 8.83. The molecular weight excluding hydrogens is 162 g/mol. The molecule has 0 saturated heterocycles. The molecule has 0 unspecified atom stereocenters. The number of rotatable bonds is 1. The van der Waals surface area contributed by atoms with Gasteiger partial charge >= 0.3 is 0 Å². The Morgan fingerprint density at radius 2 is 2.00 bits per heavy atom. The van der Waals surface area contributed by atoms with Crippen molar-refractivity contribution in [2.75, 3.05) is 7.05 Å². The zero-order valence-electron chi connectivity index (χ0n) is 9.16. The molecule has 0 N–H and O–H groups in total. The van der Waals surface area contributed by atoms with Crippen LogP contribution in [0.25, 0.3) is 0 Å². The third-order valence-electron chi connectivity index (χ3n) is 3.11. The van der Waals surface area contributed by atoms with Gasteiger partial charge in [0.2, 0.25) is 5.91 Å². The molecule has 2 atom stereocenters. The van der Waals surface area contributed by atoms with Gasteiger partial charge in [-0.1, -0.05) is 33.8 Å². The second-order valence-electron chi connectivity index (χ2n) is 4.95. The van der Waals surface area contributed by atoms with E-state index in [9.17, 15) is 4.79 Å². The van der Waals surface area contributed by atoms with Gasteiger partial charge in [-0.3, -0.25) is 4.79 Å². The standard InChI is InChI=1S/C11H19NO/c1-8(11(2,3)4)9-6-7-10(13)12(9)5/h6-9H,1-5H3/t8-,9-/m1/s1. The molecule has 13 heavy (non-hydrogen) atoms. The molecule has 0 aliphatic carbocycles. The lowest BCUT2D eigenvalue weighted by Crippen LogP contribution is -2.39. The highest BCUT2D eigenvalue weighted by Crippen LogP contribution is 2.32. The molecule has 1 aliphatic heterocycles. The predicted molar refractivity (Wildman–Crippen MR) is 54.3 cm³/mol. The lowest BCUT2D eigenvalue weighted by atomic mass is 9.77. The monoisotopic (exact) mass is 181 g/mol. The molecule has 0 spiro atoms. The number of likely N-dealkylation sites (N-methyl/N-ethyl adjacent to an activating group) is 1. The minimum atomic E-state index is 0.126. The summed E-state index contributed by atoms with van der Waals surface area (Å²) in [6, 6.07) is 0.271. The van der Waals surface area contributed by atoms with Gasteiger partial charge in [0.25, 0.3) is 0 Å². The summed E-state index contributed by atoms with van der Waals surface area (Å²) < 4.78 is 0. The van der Waals surface area contributed by atoms with E-state index in [0.29, 0.717) is 5.92 Å². The van der Waals surface area contributed by atoms with Gasteiger partial charge in [0.05, 0.1) is 6.04 Å². The molecule has 1 heterocycles. The van der Waals surface area contributed by atoms with Gasteiger partial charge in [-0.2, -0.15) is 0 Å². The molecule has 74 valence electrons. The van der Waals surface area contributed by atoms with Crippen LogP contribution >= 0.6 is 0 Å². The van der Waals surface area contributed by atoms with Gasteiger partial charge in [0.1, 0.15) is 0 Å². The van der Waals surface area contributed by atoms with Crippen molar-refractivity contribution in [3.63, 3.8) is 0 Å². The lowest BCUT2D eigenvalue weighted by molar-refractivity contribution is -0.125. The molecule has 0 aromatic rings. The average molecular weight is 181 g/mol. The molecule has 0 aromatic carbocycles. The second kappa shape index (κ2) is 3.17. The Balaban J connectivity index is 2.75. The quantitative estimate of drug-likeness (QED) is 0.606. The number of nitrogens with zero attached hydrogens (tertiary/aromatic N) is 1. The summed E-state index contributed by atoms with van der Waals surface area (Å²) in [5.74, 6) is 0.612. The van der Waals surface area contributed by atoms with Crippen LogP contribution in [0.2, 0.25) is 0 Å². The predicted octanol–water partition coefficient (Wildman–Crippen LogP) is 2.07. The smallest absolute Gasteiger partial charge is 0.246 e. The Hall–Kier alpha value is -0.790. The first-order valence-electron chi connectivity index (χ1n) is 4.79. The Morgan fingerprint density at radius 3 is 2.31 bits per heavy atom. The Labute approximate surface area is 80.6 Å². The van der Waals surface area contributed by atoms with Gasteiger partial charge in [0.15, 0.2) is 0 Å². The molecule has 0 fully saturated rings. The van der Waals surface area contributed by atoms with Gasteiger partial charge in [-0.25, -0.2) is 0 Å². The topological polar surface area (TPSA) is 20.3 Å². The van der Waals surface area contributed by atoms with Crippen LogP contribution < -0.4 is 0 Å². The van der Waals surface area contributed by atoms with Crippen molar-refractivity contribution in [3.05, 3.63) is 12.2 Å². The second-order valence-corrected chi connectivity index (χ2v) is 4.95. The average Bonchev–Trinajstić information content (AvgIpc) is 2.30. The van der Waals surface area contributed by atoms with Crippen molar-refractivity contribution in [3.8, 4) is 0 Å². The van der Waals surface area contributed by atoms with Crippen LogP contribution in [-0.2, 0) is 4.79 Å². The highest BCUT2D eigenvalue weighted by molar-refractivity contribution is 5.90.